The number of benzene rings is 2. The first-order valence-corrected chi connectivity index (χ1v) is 7.95. The number of amides is 1. The number of fused-ring (bicyclic) bond motifs is 2. The Labute approximate surface area is 136 Å². The van der Waals surface area contributed by atoms with Crippen molar-refractivity contribution in [3.8, 4) is 0 Å². The molecule has 1 atom stereocenters. The van der Waals surface area contributed by atoms with Crippen molar-refractivity contribution in [2.75, 3.05) is 5.06 Å². The molecule has 3 aromatic rings. The predicted octanol–water partition coefficient (Wildman–Crippen LogP) is 3.33. The molecule has 1 amide bonds. The quantitative estimate of drug-likeness (QED) is 0.756. The maximum Gasteiger partial charge on any atom is 0.248 e. The molecule has 2 heterocycles. The van der Waals surface area contributed by atoms with Gasteiger partial charge in [0.1, 0.15) is 5.37 Å². The fraction of sp³-hybridized carbons (Fsp3) is 0.0588. The van der Waals surface area contributed by atoms with Gasteiger partial charge in [-0.25, -0.2) is 5.06 Å². The minimum Gasteiger partial charge on any atom is -0.366 e. The van der Waals surface area contributed by atoms with Gasteiger partial charge < -0.3 is 5.73 Å². The van der Waals surface area contributed by atoms with E-state index in [4.69, 9.17) is 5.73 Å². The van der Waals surface area contributed by atoms with Crippen molar-refractivity contribution in [1.82, 2.24) is 4.98 Å². The predicted molar refractivity (Wildman–Crippen MR) is 89.6 cm³/mol. The Morgan fingerprint density at radius 2 is 2.09 bits per heavy atom. The lowest BCUT2D eigenvalue weighted by Gasteiger charge is -2.19. The summed E-state index contributed by atoms with van der Waals surface area (Å²) in [5.74, 6) is -0.474. The lowest BCUT2D eigenvalue weighted by atomic mass is 10.1. The number of nitrogens with two attached hydrogens (primary N) is 1. The minimum atomic E-state index is -0.474. The Morgan fingerprint density at radius 1 is 1.22 bits per heavy atom. The van der Waals surface area contributed by atoms with E-state index in [0.717, 1.165) is 21.4 Å². The molecule has 0 saturated heterocycles. The van der Waals surface area contributed by atoms with E-state index < -0.39 is 5.91 Å². The van der Waals surface area contributed by atoms with Crippen LogP contribution in [0.2, 0.25) is 0 Å². The summed E-state index contributed by atoms with van der Waals surface area (Å²) in [7, 11) is 0. The van der Waals surface area contributed by atoms with E-state index in [2.05, 4.69) is 4.98 Å². The lowest BCUT2D eigenvalue weighted by Crippen LogP contribution is -2.18. The van der Waals surface area contributed by atoms with E-state index in [0.29, 0.717) is 11.3 Å². The maximum atomic E-state index is 11.3. The van der Waals surface area contributed by atoms with Crippen LogP contribution in [0.1, 0.15) is 21.3 Å². The van der Waals surface area contributed by atoms with Gasteiger partial charge in [0.15, 0.2) is 0 Å². The average Bonchev–Trinajstić information content (AvgIpc) is 2.91. The van der Waals surface area contributed by atoms with Crippen molar-refractivity contribution in [2.45, 2.75) is 10.3 Å². The van der Waals surface area contributed by atoms with Crippen LogP contribution >= 0.6 is 11.8 Å². The first kappa shape index (κ1) is 14.0. The molecular weight excluding hydrogens is 310 g/mol. The summed E-state index contributed by atoms with van der Waals surface area (Å²) in [5, 5.41) is 12.5. The third-order valence-corrected chi connectivity index (χ3v) is 5.14. The Kier molecular flexibility index (Phi) is 3.21. The van der Waals surface area contributed by atoms with Crippen molar-refractivity contribution in [2.24, 2.45) is 5.73 Å². The van der Waals surface area contributed by atoms with E-state index in [-0.39, 0.29) is 5.37 Å². The number of rotatable bonds is 2. The molecular formula is C17H13N3O2S. The van der Waals surface area contributed by atoms with Gasteiger partial charge in [-0.1, -0.05) is 23.9 Å². The molecule has 2 aromatic carbocycles. The Hall–Kier alpha value is -2.57. The molecule has 4 rings (SSSR count). The number of hydroxylamine groups is 1. The lowest BCUT2D eigenvalue weighted by molar-refractivity contribution is 0.1000. The SMILES string of the molecule is NC(=O)c1ccc2c(c1)SC(c1ccc3ncccc3c1)N2O. The molecule has 1 aliphatic rings. The summed E-state index contributed by atoms with van der Waals surface area (Å²) in [5.41, 5.74) is 8.32. The highest BCUT2D eigenvalue weighted by Crippen LogP contribution is 2.50. The topological polar surface area (TPSA) is 79.5 Å². The highest BCUT2D eigenvalue weighted by molar-refractivity contribution is 8.00. The number of primary amides is 1. The first-order valence-electron chi connectivity index (χ1n) is 7.07. The monoisotopic (exact) mass is 323 g/mol. The third kappa shape index (κ3) is 2.32. The average molecular weight is 323 g/mol. The molecule has 1 unspecified atom stereocenters. The second-order valence-corrected chi connectivity index (χ2v) is 6.44. The molecule has 1 aromatic heterocycles. The molecule has 1 aliphatic heterocycles. The molecule has 0 saturated carbocycles. The summed E-state index contributed by atoms with van der Waals surface area (Å²) < 4.78 is 0. The van der Waals surface area contributed by atoms with E-state index in [1.165, 1.54) is 16.8 Å². The zero-order valence-electron chi connectivity index (χ0n) is 12.0. The first-order chi connectivity index (χ1) is 11.1. The van der Waals surface area contributed by atoms with Crippen molar-refractivity contribution in [1.29, 1.82) is 0 Å². The standard InChI is InChI=1S/C17H13N3O2S/c18-16(21)11-4-6-14-15(9-11)23-17(20(14)22)12-3-5-13-10(8-12)2-1-7-19-13/h1-9,17,22H,(H2,18,21). The van der Waals surface area contributed by atoms with Gasteiger partial charge in [0.2, 0.25) is 5.91 Å². The fourth-order valence-electron chi connectivity index (χ4n) is 2.70. The summed E-state index contributed by atoms with van der Waals surface area (Å²) in [4.78, 5) is 16.4. The van der Waals surface area contributed by atoms with Gasteiger partial charge in [0, 0.05) is 22.0 Å². The number of nitrogens with zero attached hydrogens (tertiary/aromatic N) is 2. The van der Waals surface area contributed by atoms with Gasteiger partial charge >= 0.3 is 0 Å². The minimum absolute atomic E-state index is 0.266. The van der Waals surface area contributed by atoms with Crippen LogP contribution in [0.4, 0.5) is 5.69 Å². The number of pyridine rings is 1. The van der Waals surface area contributed by atoms with Gasteiger partial charge in [-0.15, -0.1) is 0 Å². The zero-order chi connectivity index (χ0) is 16.0. The van der Waals surface area contributed by atoms with Gasteiger partial charge in [-0.3, -0.25) is 15.0 Å². The molecule has 114 valence electrons. The van der Waals surface area contributed by atoms with Crippen molar-refractivity contribution >= 4 is 34.3 Å². The second-order valence-electron chi connectivity index (χ2n) is 5.32. The van der Waals surface area contributed by atoms with Crippen molar-refractivity contribution in [3.63, 3.8) is 0 Å². The number of carbonyl (C=O) groups excluding carboxylic acids is 1. The smallest absolute Gasteiger partial charge is 0.248 e. The van der Waals surface area contributed by atoms with E-state index in [1.807, 2.05) is 30.3 Å². The molecule has 3 N–H and O–H groups in total. The van der Waals surface area contributed by atoms with Crippen LogP contribution in [0.3, 0.4) is 0 Å². The molecule has 0 spiro atoms. The number of hydrogen-bond acceptors (Lipinski definition) is 5. The maximum absolute atomic E-state index is 11.3. The summed E-state index contributed by atoms with van der Waals surface area (Å²) in [6.45, 7) is 0. The van der Waals surface area contributed by atoms with Crippen LogP contribution in [0.5, 0.6) is 0 Å². The largest absolute Gasteiger partial charge is 0.366 e. The molecule has 0 aliphatic carbocycles. The van der Waals surface area contributed by atoms with Crippen LogP contribution in [-0.2, 0) is 0 Å². The Bertz CT molecular complexity index is 929. The molecule has 0 fully saturated rings. The summed E-state index contributed by atoms with van der Waals surface area (Å²) >= 11 is 1.49. The van der Waals surface area contributed by atoms with E-state index >= 15 is 0 Å². The van der Waals surface area contributed by atoms with Crippen LogP contribution < -0.4 is 10.8 Å². The van der Waals surface area contributed by atoms with E-state index in [1.54, 1.807) is 24.4 Å². The Morgan fingerprint density at radius 3 is 2.91 bits per heavy atom. The van der Waals surface area contributed by atoms with Crippen LogP contribution in [0, 0.1) is 0 Å². The fourth-order valence-corrected chi connectivity index (χ4v) is 3.92. The number of hydrogen-bond donors (Lipinski definition) is 2. The van der Waals surface area contributed by atoms with Gasteiger partial charge in [0.05, 0.1) is 11.2 Å². The Balaban J connectivity index is 1.73. The highest BCUT2D eigenvalue weighted by atomic mass is 32.2. The molecule has 6 heteroatoms. The third-order valence-electron chi connectivity index (χ3n) is 3.86. The van der Waals surface area contributed by atoms with E-state index in [9.17, 15) is 10.0 Å². The number of carbonyl (C=O) groups is 1. The summed E-state index contributed by atoms with van der Waals surface area (Å²) in [6, 6.07) is 14.8. The van der Waals surface area contributed by atoms with Crippen LogP contribution in [0.25, 0.3) is 10.9 Å². The van der Waals surface area contributed by atoms with Crippen molar-refractivity contribution < 1.29 is 10.0 Å². The van der Waals surface area contributed by atoms with Gasteiger partial charge in [-0.2, -0.15) is 0 Å². The molecule has 23 heavy (non-hydrogen) atoms. The molecule has 5 nitrogen and oxygen atoms in total. The second kappa shape index (κ2) is 5.26. The normalized spacial score (nSPS) is 16.6. The molecule has 0 bridgehead atoms. The van der Waals surface area contributed by atoms with Gasteiger partial charge in [-0.05, 0) is 42.0 Å². The molecule has 0 radical (unpaired) electrons. The van der Waals surface area contributed by atoms with Crippen molar-refractivity contribution in [3.05, 3.63) is 65.9 Å². The number of aromatic nitrogens is 1. The van der Waals surface area contributed by atoms with Gasteiger partial charge in [0.25, 0.3) is 0 Å². The van der Waals surface area contributed by atoms with Crippen LogP contribution in [0.15, 0.2) is 59.6 Å². The highest BCUT2D eigenvalue weighted by Gasteiger charge is 2.31. The summed E-state index contributed by atoms with van der Waals surface area (Å²) in [6.07, 6.45) is 1.76. The number of anilines is 1. The zero-order valence-corrected chi connectivity index (χ0v) is 12.8. The van der Waals surface area contributed by atoms with Crippen LogP contribution in [-0.4, -0.2) is 16.1 Å². The number of thioether (sulfide) groups is 1.